The van der Waals surface area contributed by atoms with Crippen molar-refractivity contribution in [2.24, 2.45) is 0 Å². The van der Waals surface area contributed by atoms with Crippen LogP contribution >= 0.6 is 0 Å². The van der Waals surface area contributed by atoms with Gasteiger partial charge in [-0.1, -0.05) is 39.1 Å². The number of ether oxygens (including phenoxy) is 1. The van der Waals surface area contributed by atoms with E-state index in [4.69, 9.17) is 16.3 Å². The Labute approximate surface area is 167 Å². The van der Waals surface area contributed by atoms with Gasteiger partial charge in [0, 0.05) is 0 Å². The number of halogens is 1. The lowest BCUT2D eigenvalue weighted by Gasteiger charge is -2.19. The molecule has 0 heterocycles. The van der Waals surface area contributed by atoms with Gasteiger partial charge < -0.3 is 20.1 Å². The molecule has 7 heteroatoms. The molecule has 28 heavy (non-hydrogen) atoms. The standard InChI is InChI=1S/C11H14O3.C7H6O3.CH3F.2CH4/c1-11(2,3)14-10(13)8-6-4-5-7-9(8)12;8-6-4-2-1-3-5(6)7(9)10;1-2;;/h4-7,12H,1-3H3;1-4,8H,(H,9,10);1H3;2*1H4/i;;1D;;. The molecule has 0 saturated heterocycles. The summed E-state index contributed by atoms with van der Waals surface area (Å²) in [6, 6.07) is 12.1. The highest BCUT2D eigenvalue weighted by Gasteiger charge is 2.19. The molecule has 3 N–H and O–H groups in total. The summed E-state index contributed by atoms with van der Waals surface area (Å²) in [5.74, 6) is -1.87. The Morgan fingerprint density at radius 3 is 1.57 bits per heavy atom. The van der Waals surface area contributed by atoms with E-state index in [0.717, 1.165) is 0 Å². The summed E-state index contributed by atoms with van der Waals surface area (Å²) in [6.45, 7) is 5.35. The van der Waals surface area contributed by atoms with Gasteiger partial charge in [0.25, 0.3) is 0 Å². The Hall–Kier alpha value is -3.09. The van der Waals surface area contributed by atoms with Crippen molar-refractivity contribution in [2.45, 2.75) is 41.2 Å². The Morgan fingerprint density at radius 1 is 0.929 bits per heavy atom. The molecule has 0 aliphatic heterocycles. The summed E-state index contributed by atoms with van der Waals surface area (Å²) in [5, 5.41) is 26.7. The van der Waals surface area contributed by atoms with Gasteiger partial charge >= 0.3 is 11.9 Å². The summed E-state index contributed by atoms with van der Waals surface area (Å²) in [5.41, 5.74) is -0.413. The molecule has 0 radical (unpaired) electrons. The number of alkyl halides is 1. The van der Waals surface area contributed by atoms with Crippen molar-refractivity contribution < 1.29 is 35.4 Å². The van der Waals surface area contributed by atoms with Crippen LogP contribution in [0.4, 0.5) is 4.39 Å². The summed E-state index contributed by atoms with van der Waals surface area (Å²) >= 11 is 0. The monoisotopic (exact) mass is 399 g/mol. The van der Waals surface area contributed by atoms with E-state index >= 15 is 0 Å². The number of esters is 1. The van der Waals surface area contributed by atoms with Crippen LogP contribution in [-0.2, 0) is 4.74 Å². The van der Waals surface area contributed by atoms with Crippen LogP contribution in [0, 0.1) is 0 Å². The maximum atomic E-state index is 11.5. The van der Waals surface area contributed by atoms with Crippen LogP contribution in [-0.4, -0.2) is 40.0 Å². The third-order valence-corrected chi connectivity index (χ3v) is 2.66. The fourth-order valence-electron chi connectivity index (χ4n) is 1.63. The van der Waals surface area contributed by atoms with Crippen LogP contribution in [0.1, 0.15) is 57.7 Å². The second-order valence-corrected chi connectivity index (χ2v) is 5.84. The van der Waals surface area contributed by atoms with Gasteiger partial charge in [-0.15, -0.1) is 0 Å². The van der Waals surface area contributed by atoms with Crippen LogP contribution in [0.15, 0.2) is 48.5 Å². The molecule has 2 rings (SSSR count). The molecule has 0 amide bonds. The van der Waals surface area contributed by atoms with Gasteiger partial charge in [-0.25, -0.2) is 9.59 Å². The highest BCUT2D eigenvalue weighted by atomic mass is 19.1. The first-order chi connectivity index (χ1) is 12.5. The molecular weight excluding hydrogens is 367 g/mol. The van der Waals surface area contributed by atoms with Crippen LogP contribution in [0.3, 0.4) is 0 Å². The predicted octanol–water partition coefficient (Wildman–Crippen LogP) is 5.30. The molecular formula is C21H31FO6. The summed E-state index contributed by atoms with van der Waals surface area (Å²) in [7, 11) is -1.00. The van der Waals surface area contributed by atoms with Crippen molar-refractivity contribution in [1.82, 2.24) is 0 Å². The second kappa shape index (κ2) is 14.0. The number of phenols is 2. The summed E-state index contributed by atoms with van der Waals surface area (Å²) < 4.78 is 20.6. The van der Waals surface area contributed by atoms with Gasteiger partial charge in [0.05, 0.1) is 8.52 Å². The molecule has 0 unspecified atom stereocenters. The average Bonchev–Trinajstić information content (AvgIpc) is 2.55. The molecule has 0 aliphatic rings. The van der Waals surface area contributed by atoms with E-state index in [1.54, 1.807) is 45.0 Å². The number of aromatic hydroxyl groups is 2. The minimum atomic E-state index is -1.11. The number of carbonyl (C=O) groups excluding carboxylic acids is 1. The Balaban J connectivity index is -0.000000400. The van der Waals surface area contributed by atoms with Crippen molar-refractivity contribution in [3.8, 4) is 11.5 Å². The predicted molar refractivity (Wildman–Crippen MR) is 109 cm³/mol. The SMILES string of the molecule is C.C.CC(C)(C)OC(=O)c1ccccc1O.O=C(O)c1ccccc1O.[2H]CF. The highest BCUT2D eigenvalue weighted by Crippen LogP contribution is 2.19. The normalized spacial score (nSPS) is 9.50. The largest absolute Gasteiger partial charge is 0.507 e. The van der Waals surface area contributed by atoms with Crippen molar-refractivity contribution >= 4 is 11.9 Å². The minimum Gasteiger partial charge on any atom is -0.507 e. The van der Waals surface area contributed by atoms with E-state index in [2.05, 4.69) is 0 Å². The van der Waals surface area contributed by atoms with E-state index in [1.165, 1.54) is 24.3 Å². The topological polar surface area (TPSA) is 104 Å². The number of carboxylic acid groups (broad SMARTS) is 1. The van der Waals surface area contributed by atoms with Crippen molar-refractivity contribution in [2.75, 3.05) is 7.15 Å². The van der Waals surface area contributed by atoms with Crippen LogP contribution in [0.25, 0.3) is 0 Å². The van der Waals surface area contributed by atoms with Crippen molar-refractivity contribution in [3.05, 3.63) is 59.7 Å². The molecule has 0 fully saturated rings. The number of hydrogen-bond donors (Lipinski definition) is 3. The van der Waals surface area contributed by atoms with Gasteiger partial charge in [-0.2, -0.15) is 0 Å². The summed E-state index contributed by atoms with van der Waals surface area (Å²) in [6.07, 6.45) is 0. The van der Waals surface area contributed by atoms with Crippen molar-refractivity contribution in [3.63, 3.8) is 0 Å². The van der Waals surface area contributed by atoms with Gasteiger partial charge in [0.2, 0.25) is 0 Å². The maximum absolute atomic E-state index is 11.5. The van der Waals surface area contributed by atoms with E-state index in [-0.39, 0.29) is 37.5 Å². The zero-order valence-electron chi connectivity index (χ0n) is 15.8. The lowest BCUT2D eigenvalue weighted by Crippen LogP contribution is -2.23. The van der Waals surface area contributed by atoms with E-state index < -0.39 is 24.7 Å². The van der Waals surface area contributed by atoms with Crippen molar-refractivity contribution in [1.29, 1.82) is 0 Å². The smallest absolute Gasteiger partial charge is 0.342 e. The number of hydrogen-bond acceptors (Lipinski definition) is 5. The number of carbonyl (C=O) groups is 2. The molecule has 2 aromatic carbocycles. The summed E-state index contributed by atoms with van der Waals surface area (Å²) in [4.78, 5) is 21.8. The molecule has 2 aromatic rings. The Bertz CT molecular complexity index is 744. The molecule has 0 aliphatic carbocycles. The first-order valence-corrected chi connectivity index (χ1v) is 7.41. The fourth-order valence-corrected chi connectivity index (χ4v) is 1.63. The average molecular weight is 399 g/mol. The third kappa shape index (κ3) is 10.8. The highest BCUT2D eigenvalue weighted by molar-refractivity contribution is 5.92. The lowest BCUT2D eigenvalue weighted by atomic mass is 10.1. The van der Waals surface area contributed by atoms with Gasteiger partial charge in [0.15, 0.2) is 0 Å². The number of para-hydroxylation sites is 2. The number of carboxylic acids is 1. The zero-order chi connectivity index (χ0) is 21.0. The van der Waals surface area contributed by atoms with Gasteiger partial charge in [-0.3, -0.25) is 4.39 Å². The Morgan fingerprint density at radius 2 is 1.29 bits per heavy atom. The van der Waals surface area contributed by atoms with Gasteiger partial charge in [0.1, 0.15) is 28.2 Å². The quantitative estimate of drug-likeness (QED) is 0.592. The van der Waals surface area contributed by atoms with Gasteiger partial charge in [-0.05, 0) is 45.0 Å². The number of phenolic OH excluding ortho intramolecular Hbond substituents is 1. The molecule has 0 spiro atoms. The number of aromatic carboxylic acids is 1. The molecule has 6 nitrogen and oxygen atoms in total. The molecule has 0 bridgehead atoms. The minimum absolute atomic E-state index is 0. The fraction of sp³-hybridized carbons (Fsp3) is 0.333. The molecule has 0 atom stereocenters. The van der Waals surface area contributed by atoms with E-state index in [1.807, 2.05) is 0 Å². The third-order valence-electron chi connectivity index (χ3n) is 2.66. The maximum Gasteiger partial charge on any atom is 0.342 e. The van der Waals surface area contributed by atoms with E-state index in [0.29, 0.717) is 0 Å². The van der Waals surface area contributed by atoms with E-state index in [9.17, 15) is 19.1 Å². The van der Waals surface area contributed by atoms with Crippen LogP contribution in [0.2, 0.25) is 0 Å². The lowest BCUT2D eigenvalue weighted by molar-refractivity contribution is 0.00665. The second-order valence-electron chi connectivity index (χ2n) is 5.84. The van der Waals surface area contributed by atoms with Crippen LogP contribution in [0.5, 0.6) is 11.5 Å². The molecule has 158 valence electrons. The molecule has 0 saturated carbocycles. The van der Waals surface area contributed by atoms with Crippen LogP contribution < -0.4 is 0 Å². The first kappa shape index (κ1) is 27.1. The number of benzene rings is 2. The number of rotatable bonds is 2. The molecule has 0 aromatic heterocycles. The first-order valence-electron chi connectivity index (χ1n) is 8.12. The zero-order valence-corrected chi connectivity index (χ0v) is 14.8. The Kier molecular flexibility index (Phi) is 13.6.